The van der Waals surface area contributed by atoms with Crippen molar-refractivity contribution in [1.29, 1.82) is 0 Å². The van der Waals surface area contributed by atoms with E-state index in [4.69, 9.17) is 0 Å². The fourth-order valence-corrected chi connectivity index (χ4v) is 3.50. The van der Waals surface area contributed by atoms with Gasteiger partial charge in [-0.25, -0.2) is 4.68 Å². The van der Waals surface area contributed by atoms with Gasteiger partial charge in [0.25, 0.3) is 0 Å². The number of rotatable bonds is 5. The maximum atomic E-state index is 12.3. The molecule has 3 nitrogen and oxygen atoms in total. The normalized spacial score (nSPS) is 12.2. The zero-order chi connectivity index (χ0) is 15.4. The van der Waals surface area contributed by atoms with E-state index in [0.717, 1.165) is 16.8 Å². The molecule has 4 heteroatoms. The Balaban J connectivity index is 1.63. The van der Waals surface area contributed by atoms with Gasteiger partial charge in [0.2, 0.25) is 0 Å². The summed E-state index contributed by atoms with van der Waals surface area (Å²) in [7, 11) is -0.894. The van der Waals surface area contributed by atoms with Crippen LogP contribution in [0.2, 0.25) is 0 Å². The lowest BCUT2D eigenvalue weighted by molar-refractivity contribution is 0.682. The molecule has 0 aliphatic heterocycles. The molecule has 0 radical (unpaired) electrons. The predicted molar refractivity (Wildman–Crippen MR) is 90.3 cm³/mol. The number of aryl methyl sites for hydroxylation is 1. The van der Waals surface area contributed by atoms with E-state index in [1.54, 1.807) is 6.20 Å². The molecule has 22 heavy (non-hydrogen) atoms. The molecule has 3 rings (SSSR count). The molecule has 0 saturated carbocycles. The quantitative estimate of drug-likeness (QED) is 0.721. The Hall–Kier alpha value is -2.20. The van der Waals surface area contributed by atoms with E-state index in [1.807, 2.05) is 53.3 Å². The van der Waals surface area contributed by atoms with Gasteiger partial charge < -0.3 is 0 Å². The smallest absolute Gasteiger partial charge is 0.0645 e. The third-order valence-electron chi connectivity index (χ3n) is 3.48. The second-order valence-corrected chi connectivity index (χ2v) is 6.79. The summed E-state index contributed by atoms with van der Waals surface area (Å²) in [5.74, 6) is 1.18. The lowest BCUT2D eigenvalue weighted by Crippen LogP contribution is -2.00. The van der Waals surface area contributed by atoms with Crippen molar-refractivity contribution in [2.24, 2.45) is 0 Å². The highest BCUT2D eigenvalue weighted by Crippen LogP contribution is 2.13. The lowest BCUT2D eigenvalue weighted by atomic mass is 10.2. The van der Waals surface area contributed by atoms with Crippen molar-refractivity contribution in [1.82, 2.24) is 9.78 Å². The van der Waals surface area contributed by atoms with Gasteiger partial charge in [0.15, 0.2) is 0 Å². The Morgan fingerprint density at radius 1 is 0.955 bits per heavy atom. The Kier molecular flexibility index (Phi) is 4.49. The van der Waals surface area contributed by atoms with Crippen LogP contribution in [0.4, 0.5) is 0 Å². The summed E-state index contributed by atoms with van der Waals surface area (Å²) >= 11 is 0. The van der Waals surface area contributed by atoms with Gasteiger partial charge in [0, 0.05) is 34.7 Å². The minimum absolute atomic E-state index is 0.577. The highest BCUT2D eigenvalue weighted by molar-refractivity contribution is 7.83. The van der Waals surface area contributed by atoms with Crippen LogP contribution < -0.4 is 0 Å². The maximum Gasteiger partial charge on any atom is 0.0645 e. The molecule has 0 aliphatic carbocycles. The SMILES string of the molecule is Cc1ccc(CS(=O)Cc2ccc(-n3cccn3)cc2)cc1. The molecule has 1 unspecified atom stereocenters. The monoisotopic (exact) mass is 310 g/mol. The molecule has 0 saturated heterocycles. The molecule has 0 bridgehead atoms. The summed E-state index contributed by atoms with van der Waals surface area (Å²) in [6, 6.07) is 18.2. The van der Waals surface area contributed by atoms with Gasteiger partial charge in [0.05, 0.1) is 5.69 Å². The van der Waals surface area contributed by atoms with Gasteiger partial charge in [-0.3, -0.25) is 4.21 Å². The average molecular weight is 310 g/mol. The van der Waals surface area contributed by atoms with Crippen LogP contribution in [0.25, 0.3) is 5.69 Å². The first kappa shape index (κ1) is 14.7. The summed E-state index contributed by atoms with van der Waals surface area (Å²) < 4.78 is 14.1. The molecular weight excluding hydrogens is 292 g/mol. The van der Waals surface area contributed by atoms with Gasteiger partial charge in [-0.2, -0.15) is 5.10 Å². The molecule has 112 valence electrons. The predicted octanol–water partition coefficient (Wildman–Crippen LogP) is 3.63. The topological polar surface area (TPSA) is 34.9 Å². The van der Waals surface area contributed by atoms with Crippen molar-refractivity contribution in [3.63, 3.8) is 0 Å². The second kappa shape index (κ2) is 6.71. The highest BCUT2D eigenvalue weighted by atomic mass is 32.2. The van der Waals surface area contributed by atoms with Crippen LogP contribution >= 0.6 is 0 Å². The summed E-state index contributed by atoms with van der Waals surface area (Å²) in [4.78, 5) is 0. The first-order valence-electron chi connectivity index (χ1n) is 7.20. The molecular formula is C18H18N2OS. The Bertz CT molecular complexity index is 747. The Morgan fingerprint density at radius 3 is 2.09 bits per heavy atom. The minimum atomic E-state index is -0.894. The summed E-state index contributed by atoms with van der Waals surface area (Å²) in [5.41, 5.74) is 4.44. The van der Waals surface area contributed by atoms with Crippen LogP contribution in [0.1, 0.15) is 16.7 Å². The second-order valence-electron chi connectivity index (χ2n) is 5.33. The number of nitrogens with zero attached hydrogens (tertiary/aromatic N) is 2. The first-order valence-corrected chi connectivity index (χ1v) is 8.69. The van der Waals surface area contributed by atoms with E-state index in [0.29, 0.717) is 11.5 Å². The van der Waals surface area contributed by atoms with E-state index in [1.165, 1.54) is 5.56 Å². The zero-order valence-electron chi connectivity index (χ0n) is 12.5. The van der Waals surface area contributed by atoms with Crippen LogP contribution in [-0.2, 0) is 22.3 Å². The number of aromatic nitrogens is 2. The van der Waals surface area contributed by atoms with Crippen LogP contribution in [0.15, 0.2) is 67.0 Å². The number of benzene rings is 2. The van der Waals surface area contributed by atoms with E-state index in [-0.39, 0.29) is 0 Å². The van der Waals surface area contributed by atoms with E-state index in [2.05, 4.69) is 24.2 Å². The largest absolute Gasteiger partial charge is 0.259 e. The van der Waals surface area contributed by atoms with E-state index in [9.17, 15) is 4.21 Å². The van der Waals surface area contributed by atoms with E-state index < -0.39 is 10.8 Å². The molecule has 1 heterocycles. The molecule has 1 aromatic heterocycles. The van der Waals surface area contributed by atoms with Gasteiger partial charge in [-0.05, 0) is 36.2 Å². The van der Waals surface area contributed by atoms with Crippen molar-refractivity contribution in [2.75, 3.05) is 0 Å². The van der Waals surface area contributed by atoms with Crippen LogP contribution in [0, 0.1) is 6.92 Å². The summed E-state index contributed by atoms with van der Waals surface area (Å²) in [5, 5.41) is 4.20. The first-order chi connectivity index (χ1) is 10.7. The fourth-order valence-electron chi connectivity index (χ4n) is 2.27. The standard InChI is InChI=1S/C18H18N2OS/c1-15-3-5-16(6-4-15)13-22(21)14-17-7-9-18(10-8-17)20-12-2-11-19-20/h2-12H,13-14H2,1H3. The van der Waals surface area contributed by atoms with Gasteiger partial charge >= 0.3 is 0 Å². The molecule has 1 atom stereocenters. The molecule has 0 fully saturated rings. The third kappa shape index (κ3) is 3.71. The Morgan fingerprint density at radius 2 is 1.55 bits per heavy atom. The zero-order valence-corrected chi connectivity index (χ0v) is 13.3. The van der Waals surface area contributed by atoms with E-state index >= 15 is 0 Å². The van der Waals surface area contributed by atoms with Gasteiger partial charge in [-0.1, -0.05) is 42.0 Å². The number of hydrogen-bond donors (Lipinski definition) is 0. The van der Waals surface area contributed by atoms with Crippen LogP contribution in [-0.4, -0.2) is 14.0 Å². The average Bonchev–Trinajstić information content (AvgIpc) is 3.05. The molecule has 0 N–H and O–H groups in total. The van der Waals surface area contributed by atoms with Crippen molar-refractivity contribution in [3.8, 4) is 5.69 Å². The number of hydrogen-bond acceptors (Lipinski definition) is 2. The third-order valence-corrected chi connectivity index (χ3v) is 4.79. The van der Waals surface area contributed by atoms with Crippen LogP contribution in [0.3, 0.4) is 0 Å². The van der Waals surface area contributed by atoms with Gasteiger partial charge in [-0.15, -0.1) is 0 Å². The summed E-state index contributed by atoms with van der Waals surface area (Å²) in [6.07, 6.45) is 3.66. The van der Waals surface area contributed by atoms with Crippen molar-refractivity contribution >= 4 is 10.8 Å². The summed E-state index contributed by atoms with van der Waals surface area (Å²) in [6.45, 7) is 2.06. The molecule has 3 aromatic rings. The van der Waals surface area contributed by atoms with Crippen LogP contribution in [0.5, 0.6) is 0 Å². The fraction of sp³-hybridized carbons (Fsp3) is 0.167. The lowest BCUT2D eigenvalue weighted by Gasteiger charge is -2.05. The van der Waals surface area contributed by atoms with Crippen molar-refractivity contribution in [3.05, 3.63) is 83.7 Å². The van der Waals surface area contributed by atoms with Crippen molar-refractivity contribution < 1.29 is 4.21 Å². The molecule has 0 aliphatic rings. The Labute approximate surface area is 133 Å². The minimum Gasteiger partial charge on any atom is -0.259 e. The van der Waals surface area contributed by atoms with Gasteiger partial charge in [0.1, 0.15) is 0 Å². The molecule has 0 amide bonds. The maximum absolute atomic E-state index is 12.3. The highest BCUT2D eigenvalue weighted by Gasteiger charge is 2.04. The van der Waals surface area contributed by atoms with Crippen molar-refractivity contribution in [2.45, 2.75) is 18.4 Å². The molecule has 0 spiro atoms. The molecule has 2 aromatic carbocycles.